The van der Waals surface area contributed by atoms with Gasteiger partial charge in [-0.25, -0.2) is 4.39 Å². The summed E-state index contributed by atoms with van der Waals surface area (Å²) in [4.78, 5) is 0. The highest BCUT2D eigenvalue weighted by Crippen LogP contribution is 2.21. The summed E-state index contributed by atoms with van der Waals surface area (Å²) in [5.41, 5.74) is 1.07. The summed E-state index contributed by atoms with van der Waals surface area (Å²) in [5, 5.41) is 3.50. The lowest BCUT2D eigenvalue weighted by atomic mass is 9.97. The number of benzene rings is 1. The van der Waals surface area contributed by atoms with Gasteiger partial charge in [0, 0.05) is 6.04 Å². The van der Waals surface area contributed by atoms with Crippen molar-refractivity contribution >= 4 is 0 Å². The van der Waals surface area contributed by atoms with Crippen LogP contribution in [0.5, 0.6) is 0 Å². The first-order valence-electron chi connectivity index (χ1n) is 6.62. The molecule has 17 heavy (non-hydrogen) atoms. The summed E-state index contributed by atoms with van der Waals surface area (Å²) >= 11 is 0. The van der Waals surface area contributed by atoms with E-state index in [4.69, 9.17) is 0 Å². The predicted octanol–water partition coefficient (Wildman–Crippen LogP) is 4.30. The molecule has 96 valence electrons. The predicted molar refractivity (Wildman–Crippen MR) is 71.5 cm³/mol. The third-order valence-electron chi connectivity index (χ3n) is 2.92. The maximum atomic E-state index is 13.2. The molecule has 0 aliphatic heterocycles. The Morgan fingerprint density at radius 3 is 2.59 bits per heavy atom. The van der Waals surface area contributed by atoms with Crippen molar-refractivity contribution in [2.45, 2.75) is 46.1 Å². The van der Waals surface area contributed by atoms with Crippen LogP contribution in [0.1, 0.15) is 51.6 Å². The standard InChI is InChI=1S/C15H24FN/c1-4-10-17-15(9-8-12(2)3)13-6-5-7-14(16)11-13/h5-7,11-12,15,17H,4,8-10H2,1-3H3. The van der Waals surface area contributed by atoms with Crippen LogP contribution in [0.15, 0.2) is 24.3 Å². The number of hydrogen-bond acceptors (Lipinski definition) is 1. The highest BCUT2D eigenvalue weighted by Gasteiger charge is 2.11. The number of nitrogens with one attached hydrogen (secondary N) is 1. The molecule has 0 radical (unpaired) electrons. The molecule has 2 heteroatoms. The van der Waals surface area contributed by atoms with Crippen molar-refractivity contribution in [1.29, 1.82) is 0 Å². The highest BCUT2D eigenvalue weighted by atomic mass is 19.1. The van der Waals surface area contributed by atoms with E-state index in [0.29, 0.717) is 5.92 Å². The quantitative estimate of drug-likeness (QED) is 0.745. The minimum Gasteiger partial charge on any atom is -0.310 e. The Hall–Kier alpha value is -0.890. The van der Waals surface area contributed by atoms with Gasteiger partial charge in [-0.3, -0.25) is 0 Å². The summed E-state index contributed by atoms with van der Waals surface area (Å²) in [6.45, 7) is 7.59. The molecule has 1 atom stereocenters. The van der Waals surface area contributed by atoms with E-state index < -0.39 is 0 Å². The molecule has 1 aromatic rings. The second-order valence-electron chi connectivity index (χ2n) is 5.03. The van der Waals surface area contributed by atoms with Crippen LogP contribution in [-0.2, 0) is 0 Å². The minimum absolute atomic E-state index is 0.143. The van der Waals surface area contributed by atoms with Crippen molar-refractivity contribution in [3.8, 4) is 0 Å². The minimum atomic E-state index is -0.143. The Balaban J connectivity index is 2.67. The molecule has 0 bridgehead atoms. The first kappa shape index (κ1) is 14.2. The monoisotopic (exact) mass is 237 g/mol. The molecular weight excluding hydrogens is 213 g/mol. The number of halogens is 1. The lowest BCUT2D eigenvalue weighted by molar-refractivity contribution is 0.439. The average molecular weight is 237 g/mol. The molecule has 0 heterocycles. The second kappa shape index (κ2) is 7.44. The molecule has 0 saturated carbocycles. The van der Waals surface area contributed by atoms with Crippen LogP contribution in [0, 0.1) is 11.7 Å². The van der Waals surface area contributed by atoms with Gasteiger partial charge in [0.2, 0.25) is 0 Å². The van der Waals surface area contributed by atoms with Gasteiger partial charge in [0.15, 0.2) is 0 Å². The molecule has 0 saturated heterocycles. The molecule has 0 aliphatic rings. The van der Waals surface area contributed by atoms with Gasteiger partial charge >= 0.3 is 0 Å². The van der Waals surface area contributed by atoms with E-state index in [1.165, 1.54) is 6.07 Å². The van der Waals surface area contributed by atoms with Crippen LogP contribution in [0.4, 0.5) is 4.39 Å². The molecule has 1 unspecified atom stereocenters. The fraction of sp³-hybridized carbons (Fsp3) is 0.600. The molecule has 0 aromatic heterocycles. The van der Waals surface area contributed by atoms with E-state index in [0.717, 1.165) is 31.4 Å². The van der Waals surface area contributed by atoms with Gasteiger partial charge in [0.1, 0.15) is 5.82 Å². The number of rotatable bonds is 7. The normalized spacial score (nSPS) is 13.0. The Labute approximate surface area is 104 Å². The van der Waals surface area contributed by atoms with Crippen molar-refractivity contribution in [3.05, 3.63) is 35.6 Å². The molecular formula is C15H24FN. The zero-order valence-corrected chi connectivity index (χ0v) is 11.2. The maximum absolute atomic E-state index is 13.2. The van der Waals surface area contributed by atoms with Gasteiger partial charge in [0.25, 0.3) is 0 Å². The summed E-state index contributed by atoms with van der Waals surface area (Å²) < 4.78 is 13.2. The molecule has 1 rings (SSSR count). The van der Waals surface area contributed by atoms with Gasteiger partial charge in [-0.05, 0) is 49.4 Å². The topological polar surface area (TPSA) is 12.0 Å². The largest absolute Gasteiger partial charge is 0.310 e. The van der Waals surface area contributed by atoms with Crippen LogP contribution in [0.25, 0.3) is 0 Å². The fourth-order valence-electron chi connectivity index (χ4n) is 1.93. The summed E-state index contributed by atoms with van der Waals surface area (Å²) in [6.07, 6.45) is 3.34. The Morgan fingerprint density at radius 1 is 1.24 bits per heavy atom. The Bertz CT molecular complexity index is 322. The lowest BCUT2D eigenvalue weighted by Gasteiger charge is -2.20. The molecule has 1 N–H and O–H groups in total. The van der Waals surface area contributed by atoms with Gasteiger partial charge < -0.3 is 5.32 Å². The van der Waals surface area contributed by atoms with E-state index in [1.54, 1.807) is 12.1 Å². The van der Waals surface area contributed by atoms with Crippen molar-refractivity contribution in [2.24, 2.45) is 5.92 Å². The lowest BCUT2D eigenvalue weighted by Crippen LogP contribution is -2.22. The van der Waals surface area contributed by atoms with E-state index in [1.807, 2.05) is 6.07 Å². The van der Waals surface area contributed by atoms with Crippen LogP contribution in [0.2, 0.25) is 0 Å². The number of hydrogen-bond donors (Lipinski definition) is 1. The van der Waals surface area contributed by atoms with Crippen molar-refractivity contribution in [2.75, 3.05) is 6.54 Å². The van der Waals surface area contributed by atoms with Crippen LogP contribution < -0.4 is 5.32 Å². The zero-order chi connectivity index (χ0) is 12.7. The van der Waals surface area contributed by atoms with E-state index in [9.17, 15) is 4.39 Å². The summed E-state index contributed by atoms with van der Waals surface area (Å²) in [5.74, 6) is 0.546. The summed E-state index contributed by atoms with van der Waals surface area (Å²) in [6, 6.07) is 7.24. The van der Waals surface area contributed by atoms with Gasteiger partial charge in [-0.15, -0.1) is 0 Å². The van der Waals surface area contributed by atoms with Crippen molar-refractivity contribution in [3.63, 3.8) is 0 Å². The zero-order valence-electron chi connectivity index (χ0n) is 11.2. The first-order chi connectivity index (χ1) is 8.13. The van der Waals surface area contributed by atoms with Crippen LogP contribution in [-0.4, -0.2) is 6.54 Å². The average Bonchev–Trinajstić information content (AvgIpc) is 2.29. The molecule has 0 fully saturated rings. The smallest absolute Gasteiger partial charge is 0.123 e. The van der Waals surface area contributed by atoms with Gasteiger partial charge in [-0.1, -0.05) is 32.9 Å². The first-order valence-corrected chi connectivity index (χ1v) is 6.62. The second-order valence-corrected chi connectivity index (χ2v) is 5.03. The molecule has 0 spiro atoms. The molecule has 1 nitrogen and oxygen atoms in total. The third-order valence-corrected chi connectivity index (χ3v) is 2.92. The van der Waals surface area contributed by atoms with E-state index in [-0.39, 0.29) is 11.9 Å². The van der Waals surface area contributed by atoms with Crippen LogP contribution >= 0.6 is 0 Å². The van der Waals surface area contributed by atoms with Gasteiger partial charge in [0.05, 0.1) is 0 Å². The molecule has 0 amide bonds. The van der Waals surface area contributed by atoms with E-state index >= 15 is 0 Å². The Morgan fingerprint density at radius 2 is 2.00 bits per heavy atom. The third kappa shape index (κ3) is 5.31. The maximum Gasteiger partial charge on any atom is 0.123 e. The molecule has 0 aliphatic carbocycles. The van der Waals surface area contributed by atoms with Crippen molar-refractivity contribution < 1.29 is 4.39 Å². The Kier molecular flexibility index (Phi) is 6.20. The highest BCUT2D eigenvalue weighted by molar-refractivity contribution is 5.20. The van der Waals surface area contributed by atoms with Crippen molar-refractivity contribution in [1.82, 2.24) is 5.32 Å². The van der Waals surface area contributed by atoms with E-state index in [2.05, 4.69) is 26.1 Å². The fourth-order valence-corrected chi connectivity index (χ4v) is 1.93. The summed E-state index contributed by atoms with van der Waals surface area (Å²) in [7, 11) is 0. The van der Waals surface area contributed by atoms with Gasteiger partial charge in [-0.2, -0.15) is 0 Å². The SMILES string of the molecule is CCCNC(CCC(C)C)c1cccc(F)c1. The van der Waals surface area contributed by atoms with Crippen LogP contribution in [0.3, 0.4) is 0 Å². The molecule has 1 aromatic carbocycles.